The molecule has 0 amide bonds. The van der Waals surface area contributed by atoms with Gasteiger partial charge in [-0.15, -0.1) is 0 Å². The number of benzene rings is 2. The summed E-state index contributed by atoms with van der Waals surface area (Å²) in [5, 5.41) is 26.4. The second-order valence-corrected chi connectivity index (χ2v) is 7.26. The molecule has 6 nitrogen and oxygen atoms in total. The molecule has 2 aromatic carbocycles. The molecule has 0 unspecified atom stereocenters. The molecule has 146 valence electrons. The van der Waals surface area contributed by atoms with E-state index in [-0.39, 0.29) is 17.4 Å². The number of phenolic OH excluding ortho intramolecular Hbond substituents is 2. The van der Waals surface area contributed by atoms with Crippen molar-refractivity contribution >= 4 is 11.8 Å². The number of hydrogen-bond acceptors (Lipinski definition) is 6. The number of ether oxygens (including phenoxy) is 2. The number of aliphatic imine (C=N–C) groups is 1. The van der Waals surface area contributed by atoms with Gasteiger partial charge in [-0.25, -0.2) is 4.99 Å². The van der Waals surface area contributed by atoms with E-state index in [1.165, 1.54) is 19.3 Å². The van der Waals surface area contributed by atoms with E-state index in [1.807, 2.05) is 18.2 Å². The summed E-state index contributed by atoms with van der Waals surface area (Å²) < 4.78 is 10.5. The predicted molar refractivity (Wildman–Crippen MR) is 106 cm³/mol. The zero-order chi connectivity index (χ0) is 19.5. The van der Waals surface area contributed by atoms with Gasteiger partial charge in [-0.05, 0) is 25.0 Å². The monoisotopic (exact) mass is 380 g/mol. The molecule has 6 heteroatoms. The molecule has 1 aliphatic carbocycles. The highest BCUT2D eigenvalue weighted by atomic mass is 16.5. The number of nitrogens with zero attached hydrogens (tertiary/aromatic N) is 1. The maximum Gasteiger partial charge on any atom is 0.220 e. The highest BCUT2D eigenvalue weighted by molar-refractivity contribution is 6.00. The van der Waals surface area contributed by atoms with E-state index in [0.29, 0.717) is 30.7 Å². The minimum atomic E-state index is 0.0677. The lowest BCUT2D eigenvalue weighted by Gasteiger charge is -2.18. The van der Waals surface area contributed by atoms with E-state index in [4.69, 9.17) is 14.9 Å². The highest BCUT2D eigenvalue weighted by Gasteiger charge is 2.24. The average Bonchev–Trinajstić information content (AvgIpc) is 3.29. The average molecular weight is 380 g/mol. The van der Waals surface area contributed by atoms with Crippen LogP contribution in [0.2, 0.25) is 0 Å². The normalized spacial score (nSPS) is 19.3. The maximum atomic E-state index is 9.87. The Kier molecular flexibility index (Phi) is 5.19. The van der Waals surface area contributed by atoms with Crippen LogP contribution in [0.25, 0.3) is 0 Å². The smallest absolute Gasteiger partial charge is 0.220 e. The van der Waals surface area contributed by atoms with Crippen LogP contribution in [0.1, 0.15) is 54.4 Å². The van der Waals surface area contributed by atoms with Crippen LogP contribution >= 0.6 is 0 Å². The third kappa shape index (κ3) is 3.67. The standard InChI is InChI=1S/C14H17NO2.C8H7NO2/c16-12-8-4-5-10-9-17-14(13(10)12)15-11-6-2-1-3-7-11;9-8-7-5(4-11-8)2-1-3-6(7)10/h4-5,8,11,16H,1-3,6-7,9H2;1-3,9-10H,4H2. The van der Waals surface area contributed by atoms with Gasteiger partial charge in [-0.3, -0.25) is 5.41 Å². The Morgan fingerprint density at radius 3 is 2.11 bits per heavy atom. The van der Waals surface area contributed by atoms with Crippen molar-refractivity contribution in [2.24, 2.45) is 4.99 Å². The summed E-state index contributed by atoms with van der Waals surface area (Å²) in [4.78, 5) is 4.67. The largest absolute Gasteiger partial charge is 0.507 e. The minimum absolute atomic E-state index is 0.0677. The molecule has 0 saturated heterocycles. The first-order valence-corrected chi connectivity index (χ1v) is 9.68. The molecule has 0 bridgehead atoms. The molecule has 1 fully saturated rings. The van der Waals surface area contributed by atoms with Gasteiger partial charge in [0, 0.05) is 11.1 Å². The second-order valence-electron chi connectivity index (χ2n) is 7.26. The first-order valence-electron chi connectivity index (χ1n) is 9.68. The lowest BCUT2D eigenvalue weighted by molar-refractivity contribution is 0.306. The van der Waals surface area contributed by atoms with Crippen LogP contribution < -0.4 is 0 Å². The molecule has 3 aliphatic rings. The van der Waals surface area contributed by atoms with E-state index >= 15 is 0 Å². The molecule has 0 radical (unpaired) electrons. The van der Waals surface area contributed by atoms with Crippen molar-refractivity contribution in [3.8, 4) is 11.5 Å². The highest BCUT2D eigenvalue weighted by Crippen LogP contribution is 2.30. The van der Waals surface area contributed by atoms with Crippen molar-refractivity contribution in [3.63, 3.8) is 0 Å². The van der Waals surface area contributed by atoms with E-state index in [1.54, 1.807) is 18.2 Å². The van der Waals surface area contributed by atoms with Crippen LogP contribution in [0.3, 0.4) is 0 Å². The summed E-state index contributed by atoms with van der Waals surface area (Å²) in [5.41, 5.74) is 3.26. The van der Waals surface area contributed by atoms with Crippen LogP contribution in [-0.2, 0) is 22.7 Å². The molecule has 0 spiro atoms. The summed E-state index contributed by atoms with van der Waals surface area (Å²) in [6, 6.07) is 11.1. The summed E-state index contributed by atoms with van der Waals surface area (Å²) in [6.45, 7) is 0.942. The van der Waals surface area contributed by atoms with Gasteiger partial charge in [0.1, 0.15) is 24.7 Å². The molecule has 0 aromatic heterocycles. The minimum Gasteiger partial charge on any atom is -0.507 e. The Morgan fingerprint density at radius 2 is 1.43 bits per heavy atom. The molecule has 2 aliphatic heterocycles. The number of aromatic hydroxyl groups is 2. The van der Waals surface area contributed by atoms with Crippen LogP contribution in [0, 0.1) is 5.41 Å². The Balaban J connectivity index is 0.000000151. The third-order valence-electron chi connectivity index (χ3n) is 5.31. The van der Waals surface area contributed by atoms with Gasteiger partial charge in [0.15, 0.2) is 0 Å². The van der Waals surface area contributed by atoms with Crippen molar-refractivity contribution < 1.29 is 19.7 Å². The topological polar surface area (TPSA) is 95.1 Å². The molecule has 3 N–H and O–H groups in total. The zero-order valence-electron chi connectivity index (χ0n) is 15.6. The Morgan fingerprint density at radius 1 is 0.821 bits per heavy atom. The zero-order valence-corrected chi connectivity index (χ0v) is 15.6. The first-order chi connectivity index (χ1) is 13.6. The van der Waals surface area contributed by atoms with Crippen LogP contribution in [0.15, 0.2) is 41.4 Å². The molecule has 5 rings (SSSR count). The van der Waals surface area contributed by atoms with Gasteiger partial charge in [0.2, 0.25) is 11.8 Å². The lowest BCUT2D eigenvalue weighted by Crippen LogP contribution is -2.13. The Labute approximate surface area is 164 Å². The maximum absolute atomic E-state index is 9.87. The number of phenols is 2. The van der Waals surface area contributed by atoms with Crippen molar-refractivity contribution in [2.75, 3.05) is 0 Å². The van der Waals surface area contributed by atoms with Crippen LogP contribution in [0.4, 0.5) is 0 Å². The van der Waals surface area contributed by atoms with Gasteiger partial charge < -0.3 is 19.7 Å². The van der Waals surface area contributed by atoms with Crippen molar-refractivity contribution in [3.05, 3.63) is 58.7 Å². The fourth-order valence-electron chi connectivity index (χ4n) is 3.84. The molecular weight excluding hydrogens is 356 g/mol. The van der Waals surface area contributed by atoms with E-state index in [0.717, 1.165) is 29.5 Å². The molecular formula is C22H24N2O4. The number of rotatable bonds is 1. The van der Waals surface area contributed by atoms with E-state index in [2.05, 4.69) is 4.99 Å². The fourth-order valence-corrected chi connectivity index (χ4v) is 3.84. The van der Waals surface area contributed by atoms with Crippen molar-refractivity contribution in [2.45, 2.75) is 51.4 Å². The molecule has 28 heavy (non-hydrogen) atoms. The van der Waals surface area contributed by atoms with Crippen molar-refractivity contribution in [1.82, 2.24) is 0 Å². The summed E-state index contributed by atoms with van der Waals surface area (Å²) >= 11 is 0. The number of nitrogens with one attached hydrogen (secondary N) is 1. The number of hydrogen-bond donors (Lipinski definition) is 3. The van der Waals surface area contributed by atoms with Gasteiger partial charge >= 0.3 is 0 Å². The second kappa shape index (κ2) is 7.92. The first kappa shape index (κ1) is 18.3. The van der Waals surface area contributed by atoms with Crippen molar-refractivity contribution in [1.29, 1.82) is 5.41 Å². The van der Waals surface area contributed by atoms with Gasteiger partial charge in [-0.1, -0.05) is 43.5 Å². The molecule has 2 aromatic rings. The summed E-state index contributed by atoms with van der Waals surface area (Å²) in [6.07, 6.45) is 6.14. The SMILES string of the molecule is N=C1OCc2cccc(O)c21.Oc1cccc2c1C(=NC1CCCCC1)OC2. The van der Waals surface area contributed by atoms with Gasteiger partial charge in [0.25, 0.3) is 0 Å². The molecule has 1 saturated carbocycles. The van der Waals surface area contributed by atoms with E-state index in [9.17, 15) is 10.2 Å². The summed E-state index contributed by atoms with van der Waals surface area (Å²) in [5.74, 6) is 1.13. The van der Waals surface area contributed by atoms with E-state index < -0.39 is 0 Å². The lowest BCUT2D eigenvalue weighted by atomic mass is 9.96. The predicted octanol–water partition coefficient (Wildman–Crippen LogP) is 4.25. The fraction of sp³-hybridized carbons (Fsp3) is 0.364. The molecule has 2 heterocycles. The van der Waals surface area contributed by atoms with Crippen LogP contribution in [0.5, 0.6) is 11.5 Å². The third-order valence-corrected chi connectivity index (χ3v) is 5.31. The van der Waals surface area contributed by atoms with Gasteiger partial charge in [-0.2, -0.15) is 0 Å². The Bertz CT molecular complexity index is 917. The van der Waals surface area contributed by atoms with Crippen LogP contribution in [-0.4, -0.2) is 28.1 Å². The molecule has 0 atom stereocenters. The van der Waals surface area contributed by atoms with Gasteiger partial charge in [0.05, 0.1) is 17.2 Å². The summed E-state index contributed by atoms with van der Waals surface area (Å²) in [7, 11) is 0. The quantitative estimate of drug-likeness (QED) is 0.689. The number of fused-ring (bicyclic) bond motifs is 2. The Hall–Kier alpha value is -3.02.